The average Bonchev–Trinajstić information content (AvgIpc) is 2.93. The van der Waals surface area contributed by atoms with E-state index in [-0.39, 0.29) is 17.2 Å². The molecule has 0 fully saturated rings. The molecular weight excluding hydrogens is 332 g/mol. The van der Waals surface area contributed by atoms with E-state index in [1.807, 2.05) is 22.9 Å². The van der Waals surface area contributed by atoms with Crippen molar-refractivity contribution in [3.63, 3.8) is 0 Å². The van der Waals surface area contributed by atoms with Gasteiger partial charge >= 0.3 is 0 Å². The Balaban J connectivity index is 1.45. The summed E-state index contributed by atoms with van der Waals surface area (Å²) in [5.41, 5.74) is 1.09. The van der Waals surface area contributed by atoms with Gasteiger partial charge in [-0.2, -0.15) is 5.10 Å². The number of nitrogens with zero attached hydrogens (tertiary/aromatic N) is 5. The fraction of sp³-hybridized carbons (Fsp3) is 0.278. The summed E-state index contributed by atoms with van der Waals surface area (Å²) in [6.45, 7) is 1.66. The van der Waals surface area contributed by atoms with Crippen molar-refractivity contribution in [3.05, 3.63) is 76.0 Å². The van der Waals surface area contributed by atoms with Crippen molar-refractivity contribution in [2.24, 2.45) is 0 Å². The molecule has 0 unspecified atom stereocenters. The van der Waals surface area contributed by atoms with E-state index in [9.17, 15) is 9.59 Å². The van der Waals surface area contributed by atoms with Crippen molar-refractivity contribution >= 4 is 5.91 Å². The summed E-state index contributed by atoms with van der Waals surface area (Å²) >= 11 is 0. The molecule has 0 saturated carbocycles. The van der Waals surface area contributed by atoms with Crippen LogP contribution in [0.2, 0.25) is 0 Å². The normalized spacial score (nSPS) is 13.9. The van der Waals surface area contributed by atoms with Gasteiger partial charge in [0.25, 0.3) is 11.5 Å². The zero-order valence-electron chi connectivity index (χ0n) is 14.1. The van der Waals surface area contributed by atoms with Crippen LogP contribution in [0.4, 0.5) is 0 Å². The van der Waals surface area contributed by atoms with Gasteiger partial charge in [-0.05, 0) is 5.56 Å². The lowest BCUT2D eigenvalue weighted by atomic mass is 10.1. The Morgan fingerprint density at radius 2 is 2.00 bits per heavy atom. The van der Waals surface area contributed by atoms with Crippen LogP contribution < -0.4 is 5.56 Å². The highest BCUT2D eigenvalue weighted by atomic mass is 16.2. The van der Waals surface area contributed by atoms with Crippen molar-refractivity contribution in [2.45, 2.75) is 19.4 Å². The van der Waals surface area contributed by atoms with E-state index in [1.54, 1.807) is 4.90 Å². The van der Waals surface area contributed by atoms with Crippen molar-refractivity contribution < 1.29 is 4.79 Å². The molecule has 1 N–H and O–H groups in total. The SMILES string of the molecule is O=C(c1c[nH]c(=O)cn1)N1CCc2nc(Cc3ccccc3)nn2CC1. The molecule has 8 heteroatoms. The zero-order valence-corrected chi connectivity index (χ0v) is 14.1. The highest BCUT2D eigenvalue weighted by Crippen LogP contribution is 2.12. The van der Waals surface area contributed by atoms with Crippen molar-refractivity contribution in [3.8, 4) is 0 Å². The van der Waals surface area contributed by atoms with Gasteiger partial charge in [0, 0.05) is 32.1 Å². The number of nitrogens with one attached hydrogen (secondary N) is 1. The number of carbonyl (C=O) groups excluding carboxylic acids is 1. The van der Waals surface area contributed by atoms with Crippen LogP contribution in [0.1, 0.15) is 27.7 Å². The Bertz CT molecular complexity index is 933. The van der Waals surface area contributed by atoms with Crippen molar-refractivity contribution in [1.82, 2.24) is 29.6 Å². The van der Waals surface area contributed by atoms with Gasteiger partial charge in [0.2, 0.25) is 0 Å². The van der Waals surface area contributed by atoms with Crippen LogP contribution in [0.25, 0.3) is 0 Å². The molecule has 0 saturated heterocycles. The molecule has 26 heavy (non-hydrogen) atoms. The number of aromatic amines is 1. The Labute approximate surface area is 149 Å². The molecule has 4 rings (SSSR count). The minimum absolute atomic E-state index is 0.198. The lowest BCUT2D eigenvalue weighted by molar-refractivity contribution is 0.0751. The number of rotatable bonds is 3. The number of benzene rings is 1. The van der Waals surface area contributed by atoms with Crippen LogP contribution in [0.15, 0.2) is 47.5 Å². The smallest absolute Gasteiger partial charge is 0.274 e. The van der Waals surface area contributed by atoms with Crippen LogP contribution in [0.5, 0.6) is 0 Å². The monoisotopic (exact) mass is 350 g/mol. The predicted molar refractivity (Wildman–Crippen MR) is 93.7 cm³/mol. The second-order valence-electron chi connectivity index (χ2n) is 6.17. The zero-order chi connectivity index (χ0) is 17.9. The lowest BCUT2D eigenvalue weighted by Crippen LogP contribution is -2.34. The summed E-state index contributed by atoms with van der Waals surface area (Å²) in [6.07, 6.45) is 3.81. The molecule has 0 aliphatic carbocycles. The number of carbonyl (C=O) groups is 1. The third kappa shape index (κ3) is 3.39. The minimum atomic E-state index is -0.326. The summed E-state index contributed by atoms with van der Waals surface area (Å²) in [6, 6.07) is 10.1. The maximum Gasteiger partial charge on any atom is 0.274 e. The van der Waals surface area contributed by atoms with Gasteiger partial charge < -0.3 is 9.88 Å². The predicted octanol–water partition coefficient (Wildman–Crippen LogP) is 0.651. The van der Waals surface area contributed by atoms with Gasteiger partial charge in [-0.3, -0.25) is 9.59 Å². The van der Waals surface area contributed by atoms with Crippen LogP contribution in [0.3, 0.4) is 0 Å². The quantitative estimate of drug-likeness (QED) is 0.748. The Morgan fingerprint density at radius 3 is 2.77 bits per heavy atom. The fourth-order valence-electron chi connectivity index (χ4n) is 3.03. The molecule has 0 spiro atoms. The Hall–Kier alpha value is -3.29. The molecule has 0 radical (unpaired) electrons. The van der Waals surface area contributed by atoms with Crippen LogP contribution in [0, 0.1) is 0 Å². The second-order valence-corrected chi connectivity index (χ2v) is 6.17. The first kappa shape index (κ1) is 16.2. The topological polar surface area (TPSA) is 96.8 Å². The summed E-state index contributed by atoms with van der Waals surface area (Å²) in [5.74, 6) is 1.49. The van der Waals surface area contributed by atoms with E-state index in [2.05, 4.69) is 32.2 Å². The third-order valence-electron chi connectivity index (χ3n) is 4.36. The third-order valence-corrected chi connectivity index (χ3v) is 4.36. The van der Waals surface area contributed by atoms with E-state index in [0.29, 0.717) is 32.5 Å². The van der Waals surface area contributed by atoms with E-state index < -0.39 is 0 Å². The first-order chi connectivity index (χ1) is 12.7. The summed E-state index contributed by atoms with van der Waals surface area (Å²) < 4.78 is 1.88. The highest BCUT2D eigenvalue weighted by Gasteiger charge is 2.22. The van der Waals surface area contributed by atoms with E-state index >= 15 is 0 Å². The molecule has 0 atom stereocenters. The molecule has 1 amide bonds. The largest absolute Gasteiger partial charge is 0.335 e. The molecule has 1 aromatic carbocycles. The lowest BCUT2D eigenvalue weighted by Gasteiger charge is -2.19. The molecule has 0 bridgehead atoms. The first-order valence-electron chi connectivity index (χ1n) is 8.49. The number of amides is 1. The summed E-state index contributed by atoms with van der Waals surface area (Å²) in [4.78, 5) is 36.4. The number of aromatic nitrogens is 5. The van der Waals surface area contributed by atoms with E-state index in [1.165, 1.54) is 11.8 Å². The fourth-order valence-corrected chi connectivity index (χ4v) is 3.03. The maximum absolute atomic E-state index is 12.5. The molecular formula is C18H18N6O2. The Kier molecular flexibility index (Phi) is 4.30. The molecule has 8 nitrogen and oxygen atoms in total. The van der Waals surface area contributed by atoms with Crippen LogP contribution in [-0.4, -0.2) is 48.6 Å². The number of hydrogen-bond donors (Lipinski definition) is 1. The van der Waals surface area contributed by atoms with Gasteiger partial charge in [0.05, 0.1) is 12.7 Å². The van der Waals surface area contributed by atoms with Crippen LogP contribution >= 0.6 is 0 Å². The Morgan fingerprint density at radius 1 is 1.15 bits per heavy atom. The van der Waals surface area contributed by atoms with E-state index in [4.69, 9.17) is 0 Å². The molecule has 132 valence electrons. The van der Waals surface area contributed by atoms with Crippen molar-refractivity contribution in [1.29, 1.82) is 0 Å². The second kappa shape index (κ2) is 6.91. The maximum atomic E-state index is 12.5. The van der Waals surface area contributed by atoms with Gasteiger partial charge in [-0.1, -0.05) is 30.3 Å². The van der Waals surface area contributed by atoms with Crippen LogP contribution in [-0.2, 0) is 19.4 Å². The summed E-state index contributed by atoms with van der Waals surface area (Å²) in [7, 11) is 0. The number of fused-ring (bicyclic) bond motifs is 1. The van der Waals surface area contributed by atoms with Gasteiger partial charge in [0.1, 0.15) is 11.5 Å². The molecule has 1 aliphatic heterocycles. The molecule has 3 heterocycles. The van der Waals surface area contributed by atoms with Crippen molar-refractivity contribution in [2.75, 3.05) is 13.1 Å². The van der Waals surface area contributed by atoms with E-state index in [0.717, 1.165) is 17.8 Å². The highest BCUT2D eigenvalue weighted by molar-refractivity contribution is 5.91. The molecule has 3 aromatic rings. The molecule has 1 aliphatic rings. The molecule has 2 aromatic heterocycles. The van der Waals surface area contributed by atoms with Gasteiger partial charge in [-0.25, -0.2) is 14.6 Å². The number of H-pyrrole nitrogens is 1. The standard InChI is InChI=1S/C18H18N6O2/c25-17-12-19-14(11-20-17)18(26)23-7-6-16-21-15(22-24(16)9-8-23)10-13-4-2-1-3-5-13/h1-5,11-12H,6-10H2,(H,20,25). The number of hydrogen-bond acceptors (Lipinski definition) is 5. The first-order valence-corrected chi connectivity index (χ1v) is 8.49. The minimum Gasteiger partial charge on any atom is -0.335 e. The average molecular weight is 350 g/mol. The van der Waals surface area contributed by atoms with Gasteiger partial charge in [-0.15, -0.1) is 0 Å². The summed E-state index contributed by atoms with van der Waals surface area (Å²) in [5, 5.41) is 4.59. The van der Waals surface area contributed by atoms with Gasteiger partial charge in [0.15, 0.2) is 5.82 Å².